The van der Waals surface area contributed by atoms with E-state index in [0.717, 1.165) is 116 Å². The normalized spacial score (nSPS) is 12.4. The van der Waals surface area contributed by atoms with E-state index >= 15 is 0 Å². The molecule has 1 atom stereocenters. The summed E-state index contributed by atoms with van der Waals surface area (Å²) >= 11 is 1.84. The van der Waals surface area contributed by atoms with Gasteiger partial charge in [0.25, 0.3) is 0 Å². The van der Waals surface area contributed by atoms with Gasteiger partial charge in [0, 0.05) is 173 Å². The Bertz CT molecular complexity index is 6010. The maximum atomic E-state index is 12.7. The molecule has 2 aliphatic heterocycles. The molecule has 12 aromatic carbocycles. The number of benzene rings is 12. The average molecular weight is 1750 g/mol. The number of hydrogen-bond donors (Lipinski definition) is 0. The first-order chi connectivity index (χ1) is 48.7. The summed E-state index contributed by atoms with van der Waals surface area (Å²) < 4.78 is 53.8. The van der Waals surface area contributed by atoms with Crippen molar-refractivity contribution in [2.24, 2.45) is 0 Å². The van der Waals surface area contributed by atoms with E-state index < -0.39 is 20.6 Å². The van der Waals surface area contributed by atoms with E-state index in [-0.39, 0.29) is 77.9 Å². The number of sulfone groups is 1. The van der Waals surface area contributed by atoms with Crippen LogP contribution in [0.1, 0.15) is 0 Å². The number of aromatic nitrogens is 8. The number of rotatable bonds is 8. The van der Waals surface area contributed by atoms with Crippen LogP contribution in [0.4, 0.5) is 0 Å². The number of nitrogens with zero attached hydrogens (tertiary/aromatic N) is 8. The molecule has 510 valence electrons. The Morgan fingerprint density at radius 1 is 0.330 bits per heavy atom. The molecule has 2 aliphatic rings. The smallest absolute Gasteiger partial charge is 0.207 e. The molecule has 20 rings (SSSR count). The van der Waals surface area contributed by atoms with E-state index in [2.05, 4.69) is 118 Å². The van der Waals surface area contributed by atoms with Crippen molar-refractivity contribution in [3.05, 3.63) is 341 Å². The van der Waals surface area contributed by atoms with Crippen molar-refractivity contribution in [2.45, 2.75) is 19.6 Å². The fourth-order valence-corrected chi connectivity index (χ4v) is 16.7. The monoisotopic (exact) mass is 1740 g/mol. The minimum atomic E-state index is -3.43. The molecule has 18 aromatic rings. The zero-order chi connectivity index (χ0) is 66.4. The fraction of sp³-hybridized carbons (Fsp3) is 0. The van der Waals surface area contributed by atoms with Gasteiger partial charge in [-0.3, -0.25) is 18.7 Å². The van der Waals surface area contributed by atoms with Gasteiger partial charge in [-0.15, -0.1) is 35.6 Å². The largest absolute Gasteiger partial charge is 0.456 e. The second kappa shape index (κ2) is 31.0. The quantitative estimate of drug-likeness (QED) is 0.108. The molecule has 1 unspecified atom stereocenters. The van der Waals surface area contributed by atoms with Crippen molar-refractivity contribution in [3.8, 4) is 89.5 Å². The van der Waals surface area contributed by atoms with Gasteiger partial charge in [-0.1, -0.05) is 97.1 Å². The summed E-state index contributed by atoms with van der Waals surface area (Å²) in [6, 6.07) is 99.9. The van der Waals surface area contributed by atoms with Gasteiger partial charge >= 0.3 is 0 Å². The molecule has 19 heteroatoms. The van der Waals surface area contributed by atoms with E-state index in [1.54, 1.807) is 29.1 Å². The van der Waals surface area contributed by atoms with Crippen molar-refractivity contribution in [3.63, 3.8) is 0 Å². The summed E-state index contributed by atoms with van der Waals surface area (Å²) in [6.45, 7) is 0. The van der Waals surface area contributed by atoms with E-state index in [4.69, 9.17) is 4.42 Å². The summed E-state index contributed by atoms with van der Waals surface area (Å²) in [7, 11) is -4.52. The molecule has 12 nitrogen and oxygen atoms in total. The van der Waals surface area contributed by atoms with Gasteiger partial charge in [0.05, 0.1) is 55.2 Å². The van der Waals surface area contributed by atoms with Crippen LogP contribution < -0.4 is 0 Å². The van der Waals surface area contributed by atoms with E-state index in [1.807, 2.05) is 245 Å². The number of para-hydroxylation sites is 5. The first kappa shape index (κ1) is 71.5. The first-order valence-corrected chi connectivity index (χ1v) is 35.2. The predicted octanol–water partition coefficient (Wildman–Crippen LogP) is 19.6. The van der Waals surface area contributed by atoms with Crippen LogP contribution in [0.5, 0.6) is 0 Å². The Labute approximate surface area is 651 Å². The zero-order valence-electron chi connectivity index (χ0n) is 53.8. The molecule has 6 aromatic heterocycles. The van der Waals surface area contributed by atoms with Crippen LogP contribution in [0.2, 0.25) is 0 Å². The second-order valence-electron chi connectivity index (χ2n) is 23.5. The SMILES string of the molecule is O=S1(=O)c2ccccc2-c2cc(-c3cnn(-c4[c-]cccc4)c3)ccc21.O=S1c2ccccc2-c2cc(-c3cnn(-c4[c-]cccc4)c3)ccc21.[Rh].[Rh].[Rh].[Rh].[c-]1ccccc1-n1cc(-c2ccc3oc4ccccc4c3c2)cn1.[c-]1ccccc1-n1cc(-c2ccc3sc4ccccc4c3c2)cn1. The van der Waals surface area contributed by atoms with Crippen molar-refractivity contribution in [1.82, 2.24) is 39.1 Å². The van der Waals surface area contributed by atoms with Crippen molar-refractivity contribution >= 4 is 74.1 Å². The van der Waals surface area contributed by atoms with Gasteiger partial charge in [-0.25, -0.2) is 12.6 Å². The van der Waals surface area contributed by atoms with Crippen LogP contribution in [-0.4, -0.2) is 51.7 Å². The Kier molecular flexibility index (Phi) is 21.5. The number of fused-ring (bicyclic) bond motifs is 12. The third-order valence-electron chi connectivity index (χ3n) is 17.5. The molecule has 0 saturated heterocycles. The number of thiophene rings is 1. The standard InChI is InChI=1S/C21H13N2O2S.C21H13N2OS.C21H13N2O.C21H13N2S.4Rh/c24-26(25)20-9-5-4-8-18(20)19-12-15(10-11-21(19)26)16-13-22-23(14-16)17-6-2-1-3-7-17;24-25-20-9-5-4-8-18(20)19-12-15(10-11-21(19)25)16-13-22-23(14-16)17-6-2-1-3-7-17;2*1-2-6-17(7-3-1)23-14-16(13-22-23)15-10-11-21-19(12-15)18-8-4-5-9-20(18)24-21;;;;/h1-6,8-14H;1-6,8-14H;2*1-6,8-14H;;;;/q4*-1;;;;. The minimum Gasteiger partial charge on any atom is -0.456 e. The molecule has 103 heavy (non-hydrogen) atoms. The molecular weight excluding hydrogens is 1690 g/mol. The molecule has 4 radical (unpaired) electrons. The van der Waals surface area contributed by atoms with Gasteiger partial charge in [-0.2, -0.15) is 117 Å². The van der Waals surface area contributed by atoms with Crippen LogP contribution in [-0.2, 0) is 98.5 Å². The van der Waals surface area contributed by atoms with E-state index in [0.29, 0.717) is 9.79 Å². The Balaban J connectivity index is 0.000000121. The first-order valence-electron chi connectivity index (χ1n) is 31.8. The Morgan fingerprint density at radius 3 is 1.28 bits per heavy atom. The summed E-state index contributed by atoms with van der Waals surface area (Å²) in [5, 5.41) is 22.7. The maximum absolute atomic E-state index is 12.7. The van der Waals surface area contributed by atoms with Crippen LogP contribution in [0.15, 0.2) is 340 Å². The molecule has 0 amide bonds. The van der Waals surface area contributed by atoms with E-state index in [1.165, 1.54) is 25.7 Å². The average Bonchev–Trinajstić information content (AvgIpc) is 1.59. The Hall–Kier alpha value is -9.91. The summed E-state index contributed by atoms with van der Waals surface area (Å²) in [6.07, 6.45) is 15.4. The van der Waals surface area contributed by atoms with Crippen molar-refractivity contribution < 1.29 is 95.0 Å². The van der Waals surface area contributed by atoms with Gasteiger partial charge in [-0.05, 0) is 123 Å². The van der Waals surface area contributed by atoms with E-state index in [9.17, 15) is 12.6 Å². The van der Waals surface area contributed by atoms with Crippen molar-refractivity contribution in [1.29, 1.82) is 0 Å². The topological polar surface area (TPSA) is 136 Å². The minimum absolute atomic E-state index is 0. The van der Waals surface area contributed by atoms with Crippen molar-refractivity contribution in [2.75, 3.05) is 0 Å². The van der Waals surface area contributed by atoms with Crippen LogP contribution in [0.25, 0.3) is 132 Å². The molecule has 0 spiro atoms. The summed E-state index contributed by atoms with van der Waals surface area (Å²) in [5.41, 5.74) is 17.5. The molecular formula is C84H52N8O4Rh4S3-4. The predicted molar refractivity (Wildman–Crippen MR) is 393 cm³/mol. The van der Waals surface area contributed by atoms with Gasteiger partial charge in [0.15, 0.2) is 0 Å². The zero-order valence-corrected chi connectivity index (χ0v) is 62.8. The van der Waals surface area contributed by atoms with Crippen LogP contribution in [0.3, 0.4) is 0 Å². The Morgan fingerprint density at radius 2 is 0.728 bits per heavy atom. The molecule has 8 heterocycles. The number of hydrogen-bond acceptors (Lipinski definition) is 9. The molecule has 0 aliphatic carbocycles. The molecule has 0 bridgehead atoms. The molecule has 0 saturated carbocycles. The van der Waals surface area contributed by atoms with Gasteiger partial charge < -0.3 is 4.42 Å². The fourth-order valence-electron chi connectivity index (χ4n) is 12.6. The third-order valence-corrected chi connectivity index (χ3v) is 22.0. The van der Waals surface area contributed by atoms with Gasteiger partial charge in [0.1, 0.15) is 11.2 Å². The van der Waals surface area contributed by atoms with Gasteiger partial charge in [0.2, 0.25) is 9.84 Å². The van der Waals surface area contributed by atoms with Crippen LogP contribution >= 0.6 is 11.3 Å². The summed E-state index contributed by atoms with van der Waals surface area (Å²) in [4.78, 5) is 2.52. The third kappa shape index (κ3) is 14.1. The molecule has 0 N–H and O–H groups in total. The summed E-state index contributed by atoms with van der Waals surface area (Å²) in [5.74, 6) is 0. The maximum Gasteiger partial charge on any atom is 0.207 e. The van der Waals surface area contributed by atoms with Crippen LogP contribution in [0, 0.1) is 24.3 Å². The molecule has 0 fully saturated rings. The second-order valence-corrected chi connectivity index (χ2v) is 27.9. The number of furan rings is 1.